The number of aryl methyl sites for hydroxylation is 1. The Morgan fingerprint density at radius 1 is 0.886 bits per heavy atom. The SMILES string of the molecule is [C-]#[N+]c1c(-c2ccc(C(C)(C)C)cc2)nc2c(c(C)nn2-c2ccccc2)c1-c1ccccc1O. The summed E-state index contributed by atoms with van der Waals surface area (Å²) >= 11 is 0. The first-order chi connectivity index (χ1) is 16.8. The molecule has 0 bridgehead atoms. The first-order valence-electron chi connectivity index (χ1n) is 11.5. The van der Waals surface area contributed by atoms with Gasteiger partial charge in [0.1, 0.15) is 5.75 Å². The van der Waals surface area contributed by atoms with Crippen LogP contribution in [0.1, 0.15) is 32.0 Å². The number of rotatable bonds is 3. The standard InChI is InChI=1S/C30H26N4O/c1-19-25-26(23-13-9-10-14-24(23)35)28(31-5)27(20-15-17-21(18-16-20)30(2,3)4)32-29(25)34(33-19)22-11-7-6-8-12-22/h6-18,35H,1-4H3. The normalized spacial score (nSPS) is 11.5. The lowest BCUT2D eigenvalue weighted by Crippen LogP contribution is -2.10. The second-order valence-electron chi connectivity index (χ2n) is 9.67. The highest BCUT2D eigenvalue weighted by atomic mass is 16.3. The van der Waals surface area contributed by atoms with E-state index in [4.69, 9.17) is 16.7 Å². The third kappa shape index (κ3) is 3.83. The summed E-state index contributed by atoms with van der Waals surface area (Å²) in [7, 11) is 0. The Morgan fingerprint density at radius 3 is 2.17 bits per heavy atom. The van der Waals surface area contributed by atoms with Crippen LogP contribution in [-0.2, 0) is 5.41 Å². The van der Waals surface area contributed by atoms with Crippen molar-refractivity contribution >= 4 is 16.7 Å². The molecule has 0 aliphatic carbocycles. The summed E-state index contributed by atoms with van der Waals surface area (Å²) in [6.45, 7) is 16.6. The van der Waals surface area contributed by atoms with E-state index in [9.17, 15) is 5.11 Å². The summed E-state index contributed by atoms with van der Waals surface area (Å²) in [5.41, 5.74) is 6.56. The molecule has 0 atom stereocenters. The minimum absolute atomic E-state index is 0.0164. The lowest BCUT2D eigenvalue weighted by molar-refractivity contribution is 0.477. The summed E-state index contributed by atoms with van der Waals surface area (Å²) in [6, 6.07) is 25.2. The van der Waals surface area contributed by atoms with E-state index in [1.54, 1.807) is 12.1 Å². The monoisotopic (exact) mass is 458 g/mol. The molecule has 5 heteroatoms. The number of hydrogen-bond donors (Lipinski definition) is 1. The fourth-order valence-electron chi connectivity index (χ4n) is 4.44. The van der Waals surface area contributed by atoms with Crippen LogP contribution in [0.4, 0.5) is 5.69 Å². The number of benzene rings is 3. The summed E-state index contributed by atoms with van der Waals surface area (Å²) in [4.78, 5) is 8.97. The van der Waals surface area contributed by atoms with Crippen molar-refractivity contribution in [3.8, 4) is 33.8 Å². The molecule has 5 nitrogen and oxygen atoms in total. The molecular weight excluding hydrogens is 432 g/mol. The summed E-state index contributed by atoms with van der Waals surface area (Å²) in [6.07, 6.45) is 0. The predicted molar refractivity (Wildman–Crippen MR) is 141 cm³/mol. The molecular formula is C30H26N4O. The molecule has 5 aromatic rings. The van der Waals surface area contributed by atoms with Gasteiger partial charge in [0.05, 0.1) is 23.6 Å². The minimum atomic E-state index is 0.0164. The molecule has 35 heavy (non-hydrogen) atoms. The zero-order chi connectivity index (χ0) is 24.7. The highest BCUT2D eigenvalue weighted by Gasteiger charge is 2.25. The van der Waals surface area contributed by atoms with Crippen LogP contribution >= 0.6 is 0 Å². The van der Waals surface area contributed by atoms with Crippen molar-refractivity contribution in [1.29, 1.82) is 0 Å². The number of phenolic OH excluding ortho intramolecular Hbond substituents is 1. The molecule has 2 aromatic heterocycles. The quantitative estimate of drug-likeness (QED) is 0.283. The van der Waals surface area contributed by atoms with Crippen molar-refractivity contribution in [3.63, 3.8) is 0 Å². The number of aromatic hydroxyl groups is 1. The molecule has 0 saturated carbocycles. The van der Waals surface area contributed by atoms with E-state index < -0.39 is 0 Å². The van der Waals surface area contributed by atoms with Crippen molar-refractivity contribution in [3.05, 3.63) is 102 Å². The molecule has 0 unspecified atom stereocenters. The van der Waals surface area contributed by atoms with Crippen molar-refractivity contribution < 1.29 is 5.11 Å². The zero-order valence-electron chi connectivity index (χ0n) is 20.2. The van der Waals surface area contributed by atoms with Crippen LogP contribution in [0.3, 0.4) is 0 Å². The molecule has 2 heterocycles. The highest BCUT2D eigenvalue weighted by molar-refractivity contribution is 6.07. The maximum absolute atomic E-state index is 10.8. The number of pyridine rings is 1. The topological polar surface area (TPSA) is 55.3 Å². The molecule has 0 amide bonds. The van der Waals surface area contributed by atoms with Gasteiger partial charge >= 0.3 is 0 Å². The molecule has 5 rings (SSSR count). The van der Waals surface area contributed by atoms with Crippen LogP contribution in [-0.4, -0.2) is 19.9 Å². The second kappa shape index (κ2) is 8.41. The van der Waals surface area contributed by atoms with Crippen LogP contribution in [0, 0.1) is 13.5 Å². The summed E-state index contributed by atoms with van der Waals surface area (Å²) in [5, 5.41) is 16.4. The van der Waals surface area contributed by atoms with Crippen molar-refractivity contribution in [2.45, 2.75) is 33.1 Å². The average Bonchev–Trinajstić information content (AvgIpc) is 3.19. The van der Waals surface area contributed by atoms with E-state index in [2.05, 4.69) is 37.7 Å². The van der Waals surface area contributed by atoms with Gasteiger partial charge in [0, 0.05) is 16.5 Å². The van der Waals surface area contributed by atoms with Crippen molar-refractivity contribution in [2.75, 3.05) is 0 Å². The maximum Gasteiger partial charge on any atom is 0.221 e. The van der Waals surface area contributed by atoms with Gasteiger partial charge in [-0.05, 0) is 41.7 Å². The third-order valence-corrected chi connectivity index (χ3v) is 6.28. The van der Waals surface area contributed by atoms with E-state index in [-0.39, 0.29) is 11.2 Å². The number of aromatic nitrogens is 3. The molecule has 0 radical (unpaired) electrons. The zero-order valence-corrected chi connectivity index (χ0v) is 20.2. The van der Waals surface area contributed by atoms with Gasteiger partial charge in [-0.2, -0.15) is 5.10 Å². The molecule has 0 saturated heterocycles. The van der Waals surface area contributed by atoms with Crippen LogP contribution in [0.25, 0.3) is 44.0 Å². The summed E-state index contributed by atoms with van der Waals surface area (Å²) < 4.78 is 1.81. The van der Waals surface area contributed by atoms with Gasteiger partial charge in [-0.15, -0.1) is 0 Å². The Bertz CT molecular complexity index is 1580. The lowest BCUT2D eigenvalue weighted by atomic mass is 9.86. The molecule has 0 aliphatic heterocycles. The largest absolute Gasteiger partial charge is 0.507 e. The van der Waals surface area contributed by atoms with Gasteiger partial charge in [-0.25, -0.2) is 14.5 Å². The fourth-order valence-corrected chi connectivity index (χ4v) is 4.44. The van der Waals surface area contributed by atoms with Gasteiger partial charge in [0.25, 0.3) is 0 Å². The molecule has 3 aromatic carbocycles. The minimum Gasteiger partial charge on any atom is -0.507 e. The fraction of sp³-hybridized carbons (Fsp3) is 0.167. The van der Waals surface area contributed by atoms with Gasteiger partial charge in [-0.1, -0.05) is 81.4 Å². The van der Waals surface area contributed by atoms with E-state index in [0.717, 1.165) is 22.3 Å². The molecule has 172 valence electrons. The number of nitrogens with zero attached hydrogens (tertiary/aromatic N) is 4. The number of hydrogen-bond acceptors (Lipinski definition) is 3. The Morgan fingerprint density at radius 2 is 1.54 bits per heavy atom. The number of para-hydroxylation sites is 2. The Kier molecular flexibility index (Phi) is 5.37. The van der Waals surface area contributed by atoms with Gasteiger partial charge in [-0.3, -0.25) is 0 Å². The number of fused-ring (bicyclic) bond motifs is 1. The molecule has 0 spiro atoms. The molecule has 0 fully saturated rings. The van der Waals surface area contributed by atoms with E-state index in [1.807, 2.05) is 66.2 Å². The Hall–Kier alpha value is -4.43. The Labute approximate surface area is 205 Å². The molecule has 0 aliphatic rings. The smallest absolute Gasteiger partial charge is 0.221 e. The van der Waals surface area contributed by atoms with Crippen LogP contribution in [0.5, 0.6) is 5.75 Å². The third-order valence-electron chi connectivity index (χ3n) is 6.28. The van der Waals surface area contributed by atoms with Crippen molar-refractivity contribution in [2.24, 2.45) is 0 Å². The van der Waals surface area contributed by atoms with Crippen LogP contribution in [0.2, 0.25) is 0 Å². The molecule has 1 N–H and O–H groups in total. The van der Waals surface area contributed by atoms with Gasteiger partial charge < -0.3 is 5.11 Å². The Balaban J connectivity index is 1.89. The second-order valence-corrected chi connectivity index (χ2v) is 9.67. The van der Waals surface area contributed by atoms with Crippen LogP contribution in [0.15, 0.2) is 78.9 Å². The summed E-state index contributed by atoms with van der Waals surface area (Å²) in [5.74, 6) is 0.116. The first-order valence-corrected chi connectivity index (χ1v) is 11.5. The average molecular weight is 459 g/mol. The first kappa shape index (κ1) is 22.4. The van der Waals surface area contributed by atoms with Gasteiger partial charge in [0.15, 0.2) is 5.65 Å². The lowest BCUT2D eigenvalue weighted by Gasteiger charge is -2.19. The number of phenols is 1. The van der Waals surface area contributed by atoms with Gasteiger partial charge in [0.2, 0.25) is 5.69 Å². The van der Waals surface area contributed by atoms with E-state index in [0.29, 0.717) is 28.2 Å². The van der Waals surface area contributed by atoms with Crippen LogP contribution < -0.4 is 0 Å². The van der Waals surface area contributed by atoms with Crippen molar-refractivity contribution in [1.82, 2.24) is 14.8 Å². The van der Waals surface area contributed by atoms with E-state index >= 15 is 0 Å². The predicted octanol–water partition coefficient (Wildman–Crippen LogP) is 7.62. The van der Waals surface area contributed by atoms with E-state index in [1.165, 1.54) is 5.56 Å². The maximum atomic E-state index is 10.8. The highest BCUT2D eigenvalue weighted by Crippen LogP contribution is 2.46.